The topological polar surface area (TPSA) is 32.8 Å². The van der Waals surface area contributed by atoms with E-state index in [9.17, 15) is 0 Å². The van der Waals surface area contributed by atoms with Gasteiger partial charge in [0.1, 0.15) is 22.3 Å². The maximum absolute atomic E-state index is 7.05. The second-order valence-electron chi connectivity index (χ2n) is 24.1. The molecular weight excluding hydrogens is 973 g/mol. The van der Waals surface area contributed by atoms with Crippen molar-refractivity contribution in [3.05, 3.63) is 263 Å². The van der Waals surface area contributed by atoms with Crippen molar-refractivity contribution in [2.45, 2.75) is 64.7 Å². The highest BCUT2D eigenvalue weighted by Crippen LogP contribution is 2.64. The van der Waals surface area contributed by atoms with Crippen LogP contribution in [0.25, 0.3) is 88.4 Å². The van der Waals surface area contributed by atoms with Gasteiger partial charge in [0.15, 0.2) is 0 Å². The lowest BCUT2D eigenvalue weighted by Gasteiger charge is -2.32. The van der Waals surface area contributed by atoms with Crippen molar-refractivity contribution in [1.29, 1.82) is 0 Å². The third-order valence-electron chi connectivity index (χ3n) is 18.4. The molecule has 384 valence electrons. The lowest BCUT2D eigenvalue weighted by Crippen LogP contribution is -2.24. The van der Waals surface area contributed by atoms with Gasteiger partial charge in [-0.1, -0.05) is 181 Å². The molecule has 0 atom stereocenters. The van der Waals surface area contributed by atoms with Gasteiger partial charge in [-0.15, -0.1) is 0 Å². The van der Waals surface area contributed by atoms with Gasteiger partial charge in [-0.3, -0.25) is 0 Å². The summed E-state index contributed by atoms with van der Waals surface area (Å²) in [7, 11) is 0. The molecule has 2 aromatic heterocycles. The summed E-state index contributed by atoms with van der Waals surface area (Å²) in [5.41, 5.74) is 28.5. The number of furan rings is 2. The molecule has 13 aromatic rings. The van der Waals surface area contributed by atoms with Crippen LogP contribution in [0.3, 0.4) is 0 Å². The Labute approximate surface area is 466 Å². The van der Waals surface area contributed by atoms with Crippen LogP contribution in [0.4, 0.5) is 34.1 Å². The zero-order valence-corrected chi connectivity index (χ0v) is 46.1. The van der Waals surface area contributed by atoms with Crippen molar-refractivity contribution in [1.82, 2.24) is 0 Å². The fourth-order valence-electron chi connectivity index (χ4n) is 14.6. The van der Waals surface area contributed by atoms with E-state index in [0.717, 1.165) is 78.4 Å². The van der Waals surface area contributed by atoms with Gasteiger partial charge >= 0.3 is 0 Å². The first kappa shape index (κ1) is 46.7. The molecule has 0 unspecified atom stereocenters. The summed E-state index contributed by atoms with van der Waals surface area (Å²) in [5, 5.41) is 4.69. The molecule has 80 heavy (non-hydrogen) atoms. The fourth-order valence-corrected chi connectivity index (χ4v) is 14.6. The lowest BCUT2D eigenvalue weighted by atomic mass is 9.72. The predicted octanol–water partition coefficient (Wildman–Crippen LogP) is 21.3. The molecule has 0 saturated heterocycles. The van der Waals surface area contributed by atoms with Gasteiger partial charge in [0, 0.05) is 83.0 Å². The minimum Gasteiger partial charge on any atom is -0.455 e. The number of para-hydroxylation sites is 4. The number of fused-ring (bicyclic) bond motifs is 19. The van der Waals surface area contributed by atoms with Crippen molar-refractivity contribution in [2.24, 2.45) is 0 Å². The third-order valence-corrected chi connectivity index (χ3v) is 18.4. The Morgan fingerprint density at radius 3 is 1.36 bits per heavy atom. The molecule has 2 heterocycles. The van der Waals surface area contributed by atoms with E-state index in [2.05, 4.69) is 283 Å². The average Bonchev–Trinajstić information content (AvgIpc) is 3.26. The number of aryl methyl sites for hydroxylation is 1. The summed E-state index contributed by atoms with van der Waals surface area (Å²) < 4.78 is 13.9. The zero-order chi connectivity index (χ0) is 54.0. The summed E-state index contributed by atoms with van der Waals surface area (Å²) >= 11 is 0. The van der Waals surface area contributed by atoms with Crippen LogP contribution in [0, 0.1) is 6.92 Å². The summed E-state index contributed by atoms with van der Waals surface area (Å²) in [4.78, 5) is 4.83. The van der Waals surface area contributed by atoms with E-state index in [1.54, 1.807) is 0 Å². The molecule has 11 aromatic carbocycles. The van der Waals surface area contributed by atoms with Gasteiger partial charge < -0.3 is 18.6 Å². The second-order valence-corrected chi connectivity index (χ2v) is 24.1. The van der Waals surface area contributed by atoms with Crippen LogP contribution in [0.15, 0.2) is 233 Å². The molecular formula is C76H58N2O2. The van der Waals surface area contributed by atoms with Gasteiger partial charge in [-0.05, 0) is 165 Å². The van der Waals surface area contributed by atoms with Gasteiger partial charge in [0.25, 0.3) is 0 Å². The Kier molecular flexibility index (Phi) is 9.68. The summed E-state index contributed by atoms with van der Waals surface area (Å²) in [6.07, 6.45) is 0. The van der Waals surface area contributed by atoms with Gasteiger partial charge in [0.2, 0.25) is 0 Å². The molecule has 3 aliphatic carbocycles. The first-order chi connectivity index (χ1) is 38.9. The highest BCUT2D eigenvalue weighted by Gasteiger charge is 2.49. The largest absolute Gasteiger partial charge is 0.455 e. The monoisotopic (exact) mass is 1030 g/mol. The maximum atomic E-state index is 7.05. The highest BCUT2D eigenvalue weighted by atomic mass is 16.3. The van der Waals surface area contributed by atoms with Crippen LogP contribution in [0.2, 0.25) is 0 Å². The first-order valence-corrected chi connectivity index (χ1v) is 28.2. The van der Waals surface area contributed by atoms with Crippen LogP contribution in [-0.2, 0) is 16.2 Å². The number of benzene rings is 11. The van der Waals surface area contributed by atoms with E-state index < -0.39 is 0 Å². The van der Waals surface area contributed by atoms with Crippen LogP contribution in [-0.4, -0.2) is 0 Å². The highest BCUT2D eigenvalue weighted by molar-refractivity contribution is 6.21. The summed E-state index contributed by atoms with van der Waals surface area (Å²) in [6, 6.07) is 82.5. The molecule has 0 N–H and O–H groups in total. The molecule has 0 saturated carbocycles. The Morgan fingerprint density at radius 1 is 0.312 bits per heavy atom. The van der Waals surface area contributed by atoms with E-state index in [4.69, 9.17) is 8.83 Å². The van der Waals surface area contributed by atoms with Gasteiger partial charge in [0.05, 0.1) is 0 Å². The molecule has 0 aliphatic heterocycles. The average molecular weight is 1030 g/mol. The standard InChI is InChI=1S/C76H58N2O2/c1-45-30-32-46(33-31-45)58-44-62-65(67-56-25-15-18-28-63(56)79-72(58)67)54-40-38-51(42-60(54)74(62,2)3)78(50-36-34-49(35-37-50)77(47-20-10-8-11-21-47)48-22-12-9-13-23-48)52-39-41-55-61(43-52)76(6,7)70-66(55)68-57-26-16-19-29-64(57)80-73(68)69-53-24-14-17-27-59(53)75(4,5)71(69)70/h8-44H,1-7H3. The molecule has 4 heteroatoms. The first-order valence-electron chi connectivity index (χ1n) is 28.2. The van der Waals surface area contributed by atoms with E-state index in [0.29, 0.717) is 0 Å². The normalized spacial score (nSPS) is 14.7. The SMILES string of the molecule is Cc1ccc(-c2cc3c(c4c2oc2ccccc24)-c2ccc(N(c4ccc(N(c5ccccc5)c5ccccc5)cc4)c4ccc5c(c4)C(C)(C)c4c6c(c7oc8ccccc8c7c4-5)-c4ccccc4C6(C)C)cc2C3(C)C)cc1. The third kappa shape index (κ3) is 6.39. The molecule has 0 spiro atoms. The van der Waals surface area contributed by atoms with Crippen LogP contribution < -0.4 is 9.80 Å². The number of anilines is 6. The van der Waals surface area contributed by atoms with Crippen molar-refractivity contribution >= 4 is 78.0 Å². The Balaban J connectivity index is 0.913. The number of hydrogen-bond acceptors (Lipinski definition) is 4. The van der Waals surface area contributed by atoms with Gasteiger partial charge in [-0.2, -0.15) is 0 Å². The molecule has 3 aliphatic rings. The minimum absolute atomic E-state index is 0.253. The molecule has 0 radical (unpaired) electrons. The van der Waals surface area contributed by atoms with E-state index in [1.165, 1.54) is 83.1 Å². The maximum Gasteiger partial charge on any atom is 0.144 e. The number of rotatable bonds is 7. The smallest absolute Gasteiger partial charge is 0.144 e. The summed E-state index contributed by atoms with van der Waals surface area (Å²) in [6.45, 7) is 16.7. The fraction of sp³-hybridized carbons (Fsp3) is 0.132. The Hall–Kier alpha value is -9.38. The van der Waals surface area contributed by atoms with E-state index in [1.807, 2.05) is 0 Å². The van der Waals surface area contributed by atoms with Crippen LogP contribution in [0.5, 0.6) is 0 Å². The van der Waals surface area contributed by atoms with Crippen LogP contribution >= 0.6 is 0 Å². The van der Waals surface area contributed by atoms with E-state index >= 15 is 0 Å². The van der Waals surface area contributed by atoms with Crippen molar-refractivity contribution < 1.29 is 8.83 Å². The number of hydrogen-bond donors (Lipinski definition) is 0. The minimum atomic E-state index is -0.368. The molecule has 0 bridgehead atoms. The summed E-state index contributed by atoms with van der Waals surface area (Å²) in [5.74, 6) is 0. The molecule has 0 fully saturated rings. The van der Waals surface area contributed by atoms with Gasteiger partial charge in [-0.25, -0.2) is 0 Å². The van der Waals surface area contributed by atoms with Crippen LogP contribution in [0.1, 0.15) is 80.5 Å². The van der Waals surface area contributed by atoms with E-state index in [-0.39, 0.29) is 16.2 Å². The Morgan fingerprint density at radius 2 is 0.750 bits per heavy atom. The lowest BCUT2D eigenvalue weighted by molar-refractivity contribution is 0.600. The molecule has 16 rings (SSSR count). The van der Waals surface area contributed by atoms with Crippen molar-refractivity contribution in [2.75, 3.05) is 9.80 Å². The number of nitrogens with zero attached hydrogens (tertiary/aromatic N) is 2. The van der Waals surface area contributed by atoms with Crippen molar-refractivity contribution in [3.63, 3.8) is 0 Å². The molecule has 0 amide bonds. The molecule has 4 nitrogen and oxygen atoms in total. The predicted molar refractivity (Wildman–Crippen MR) is 333 cm³/mol. The zero-order valence-electron chi connectivity index (χ0n) is 46.1. The Bertz CT molecular complexity index is 4690. The van der Waals surface area contributed by atoms with Crippen molar-refractivity contribution in [3.8, 4) is 44.5 Å². The quantitative estimate of drug-likeness (QED) is 0.159. The second kappa shape index (κ2) is 16.6.